The fourth-order valence-corrected chi connectivity index (χ4v) is 1.34. The second-order valence-electron chi connectivity index (χ2n) is 4.56. The van der Waals surface area contributed by atoms with Gasteiger partial charge in [-0.1, -0.05) is 11.6 Å². The maximum Gasteiger partial charge on any atom is 0.426 e. The molecule has 0 aliphatic rings. The Kier molecular flexibility index (Phi) is 4.18. The zero-order valence-electron chi connectivity index (χ0n) is 10.6. The van der Waals surface area contributed by atoms with Crippen LogP contribution in [0.2, 0.25) is 5.15 Å². The van der Waals surface area contributed by atoms with Crippen molar-refractivity contribution in [1.82, 2.24) is 20.6 Å². The lowest BCUT2D eigenvalue weighted by molar-refractivity contribution is 0.0482. The van der Waals surface area contributed by atoms with Gasteiger partial charge in [-0.2, -0.15) is 5.10 Å². The van der Waals surface area contributed by atoms with Crippen molar-refractivity contribution in [2.45, 2.75) is 26.4 Å². The molecule has 0 fully saturated rings. The van der Waals surface area contributed by atoms with Gasteiger partial charge in [-0.15, -0.1) is 0 Å². The van der Waals surface area contributed by atoms with Gasteiger partial charge in [-0.05, 0) is 20.8 Å². The molecule has 0 aliphatic carbocycles. The largest absolute Gasteiger partial charge is 0.443 e. The number of carbonyl (C=O) groups excluding carboxylic acids is 2. The van der Waals surface area contributed by atoms with Crippen molar-refractivity contribution in [3.05, 3.63) is 16.9 Å². The predicted molar refractivity (Wildman–Crippen MR) is 65.1 cm³/mol. The van der Waals surface area contributed by atoms with Crippen molar-refractivity contribution in [3.63, 3.8) is 0 Å². The van der Waals surface area contributed by atoms with Crippen molar-refractivity contribution in [3.8, 4) is 0 Å². The molecule has 100 valence electrons. The molecule has 2 N–H and O–H groups in total. The van der Waals surface area contributed by atoms with E-state index in [2.05, 4.69) is 16.0 Å². The highest BCUT2D eigenvalue weighted by Gasteiger charge is 2.18. The number of hydrogen-bond donors (Lipinski definition) is 2. The van der Waals surface area contributed by atoms with Crippen molar-refractivity contribution in [2.24, 2.45) is 7.05 Å². The van der Waals surface area contributed by atoms with E-state index in [1.54, 1.807) is 27.8 Å². The number of aryl methyl sites for hydroxylation is 1. The Labute approximate surface area is 109 Å². The minimum atomic E-state index is -0.746. The maximum absolute atomic E-state index is 11.6. The minimum Gasteiger partial charge on any atom is -0.443 e. The van der Waals surface area contributed by atoms with Crippen LogP contribution in [0.15, 0.2) is 6.07 Å². The van der Waals surface area contributed by atoms with E-state index in [9.17, 15) is 9.59 Å². The summed E-state index contributed by atoms with van der Waals surface area (Å²) >= 11 is 5.64. The average Bonchev–Trinajstić information content (AvgIpc) is 2.52. The Bertz CT molecular complexity index is 464. The van der Waals surface area contributed by atoms with E-state index in [0.717, 1.165) is 0 Å². The van der Waals surface area contributed by atoms with Crippen molar-refractivity contribution in [1.29, 1.82) is 0 Å². The van der Waals surface area contributed by atoms with Gasteiger partial charge in [0.05, 0.1) is 0 Å². The van der Waals surface area contributed by atoms with Crippen molar-refractivity contribution < 1.29 is 14.3 Å². The molecule has 2 amide bonds. The summed E-state index contributed by atoms with van der Waals surface area (Å²) in [5.74, 6) is -0.539. The Morgan fingerprint density at radius 2 is 2.00 bits per heavy atom. The molecule has 18 heavy (non-hydrogen) atoms. The Morgan fingerprint density at radius 3 is 2.44 bits per heavy atom. The number of hydrazine groups is 1. The number of amides is 2. The third kappa shape index (κ3) is 4.25. The van der Waals surface area contributed by atoms with Crippen LogP contribution in [0.4, 0.5) is 4.79 Å². The molecule has 0 saturated carbocycles. The van der Waals surface area contributed by atoms with Gasteiger partial charge in [-0.3, -0.25) is 14.9 Å². The number of halogens is 1. The number of carbonyl (C=O) groups is 2. The van der Waals surface area contributed by atoms with Gasteiger partial charge < -0.3 is 4.74 Å². The number of aromatic nitrogens is 2. The molecule has 8 heteroatoms. The summed E-state index contributed by atoms with van der Waals surface area (Å²) in [6, 6.07) is 1.38. The molecule has 1 aromatic heterocycles. The molecule has 0 aliphatic heterocycles. The Morgan fingerprint density at radius 1 is 1.39 bits per heavy atom. The molecule has 0 unspecified atom stereocenters. The molecule has 0 bridgehead atoms. The first-order valence-corrected chi connectivity index (χ1v) is 5.56. The number of nitrogens with one attached hydrogen (secondary N) is 2. The molecule has 0 spiro atoms. The topological polar surface area (TPSA) is 85.3 Å². The summed E-state index contributed by atoms with van der Waals surface area (Å²) in [7, 11) is 1.56. The average molecular weight is 275 g/mol. The summed E-state index contributed by atoms with van der Waals surface area (Å²) in [5, 5.41) is 3.99. The van der Waals surface area contributed by atoms with Crippen LogP contribution in [0, 0.1) is 0 Å². The van der Waals surface area contributed by atoms with E-state index in [0.29, 0.717) is 0 Å². The second-order valence-corrected chi connectivity index (χ2v) is 4.94. The van der Waals surface area contributed by atoms with Gasteiger partial charge in [0.15, 0.2) is 5.15 Å². The van der Waals surface area contributed by atoms with Crippen LogP contribution in [-0.2, 0) is 11.8 Å². The van der Waals surface area contributed by atoms with E-state index in [-0.39, 0.29) is 10.8 Å². The van der Waals surface area contributed by atoms with Crippen LogP contribution < -0.4 is 10.9 Å². The van der Waals surface area contributed by atoms with E-state index in [1.807, 2.05) is 0 Å². The molecule has 1 aromatic rings. The molecular formula is C10H15ClN4O3. The first kappa shape index (κ1) is 14.3. The lowest BCUT2D eigenvalue weighted by Gasteiger charge is -2.19. The molecule has 7 nitrogen and oxygen atoms in total. The summed E-state index contributed by atoms with van der Waals surface area (Å²) in [4.78, 5) is 22.9. The number of nitrogens with zero attached hydrogens (tertiary/aromatic N) is 2. The number of ether oxygens (including phenoxy) is 1. The standard InChI is InChI=1S/C10H15ClN4O3/c1-10(2,3)18-9(17)13-12-8(16)6-5-7(11)14-15(6)4/h5H,1-4H3,(H,12,16)(H,13,17). The van der Waals surface area contributed by atoms with Crippen LogP contribution >= 0.6 is 11.6 Å². The predicted octanol–water partition coefficient (Wildman–Crippen LogP) is 1.24. The summed E-state index contributed by atoms with van der Waals surface area (Å²) in [6.07, 6.45) is -0.746. The van der Waals surface area contributed by atoms with Crippen LogP contribution in [0.3, 0.4) is 0 Å². The van der Waals surface area contributed by atoms with E-state index < -0.39 is 17.6 Å². The molecule has 1 rings (SSSR count). The highest BCUT2D eigenvalue weighted by atomic mass is 35.5. The third-order valence-corrected chi connectivity index (χ3v) is 1.94. The first-order valence-electron chi connectivity index (χ1n) is 5.18. The van der Waals surface area contributed by atoms with E-state index >= 15 is 0 Å². The highest BCUT2D eigenvalue weighted by Crippen LogP contribution is 2.08. The smallest absolute Gasteiger partial charge is 0.426 e. The zero-order chi connectivity index (χ0) is 13.9. The number of hydrogen-bond acceptors (Lipinski definition) is 4. The third-order valence-electron chi connectivity index (χ3n) is 1.76. The van der Waals surface area contributed by atoms with Crippen LogP contribution in [0.1, 0.15) is 31.3 Å². The second kappa shape index (κ2) is 5.26. The highest BCUT2D eigenvalue weighted by molar-refractivity contribution is 6.29. The summed E-state index contributed by atoms with van der Waals surface area (Å²) in [5.41, 5.74) is 3.91. The van der Waals surface area contributed by atoms with Crippen molar-refractivity contribution >= 4 is 23.6 Å². The summed E-state index contributed by atoms with van der Waals surface area (Å²) < 4.78 is 6.25. The van der Waals surface area contributed by atoms with Gasteiger partial charge in [-0.25, -0.2) is 10.2 Å². The Balaban J connectivity index is 2.52. The lowest BCUT2D eigenvalue weighted by Crippen LogP contribution is -2.44. The number of rotatable bonds is 1. The normalized spacial score (nSPS) is 10.9. The van der Waals surface area contributed by atoms with Gasteiger partial charge in [0.1, 0.15) is 11.3 Å². The monoisotopic (exact) mass is 274 g/mol. The van der Waals surface area contributed by atoms with E-state index in [1.165, 1.54) is 10.7 Å². The lowest BCUT2D eigenvalue weighted by atomic mass is 10.2. The van der Waals surface area contributed by atoms with Gasteiger partial charge in [0.2, 0.25) is 0 Å². The van der Waals surface area contributed by atoms with E-state index in [4.69, 9.17) is 16.3 Å². The molecule has 0 atom stereocenters. The zero-order valence-corrected chi connectivity index (χ0v) is 11.3. The van der Waals surface area contributed by atoms with Crippen LogP contribution in [0.5, 0.6) is 0 Å². The molecule has 0 aromatic carbocycles. The molecular weight excluding hydrogens is 260 g/mol. The minimum absolute atomic E-state index is 0.194. The van der Waals surface area contributed by atoms with Gasteiger partial charge in [0.25, 0.3) is 5.91 Å². The quantitative estimate of drug-likeness (QED) is 0.755. The van der Waals surface area contributed by atoms with Crippen LogP contribution in [-0.4, -0.2) is 27.4 Å². The maximum atomic E-state index is 11.6. The fraction of sp³-hybridized carbons (Fsp3) is 0.500. The molecule has 0 saturated heterocycles. The Hall–Kier alpha value is -1.76. The van der Waals surface area contributed by atoms with Gasteiger partial charge in [0, 0.05) is 13.1 Å². The van der Waals surface area contributed by atoms with Gasteiger partial charge >= 0.3 is 6.09 Å². The summed E-state index contributed by atoms with van der Waals surface area (Å²) in [6.45, 7) is 5.15. The van der Waals surface area contributed by atoms with Crippen molar-refractivity contribution in [2.75, 3.05) is 0 Å². The SMILES string of the molecule is Cn1nc(Cl)cc1C(=O)NNC(=O)OC(C)(C)C. The molecule has 0 radical (unpaired) electrons. The first-order chi connectivity index (χ1) is 8.19. The van der Waals surface area contributed by atoms with Crippen LogP contribution in [0.25, 0.3) is 0 Å². The molecule has 1 heterocycles. The fourth-order valence-electron chi connectivity index (χ4n) is 1.12.